The first-order valence-corrected chi connectivity index (χ1v) is 6.77. The largest absolute Gasteiger partial charge is 0.464 e. The van der Waals surface area contributed by atoms with Crippen molar-refractivity contribution in [3.05, 3.63) is 34.9 Å². The lowest BCUT2D eigenvalue weighted by Crippen LogP contribution is -2.19. The Hall–Kier alpha value is -1.46. The maximum absolute atomic E-state index is 11.8. The van der Waals surface area contributed by atoms with Gasteiger partial charge >= 0.3 is 5.97 Å². The molecule has 1 aromatic rings. The molecule has 0 saturated carbocycles. The molecule has 0 saturated heterocycles. The van der Waals surface area contributed by atoms with Crippen LogP contribution in [-0.4, -0.2) is 29.4 Å². The van der Waals surface area contributed by atoms with Crippen LogP contribution in [0.3, 0.4) is 0 Å². The summed E-state index contributed by atoms with van der Waals surface area (Å²) in [6, 6.07) is 5.44. The molecule has 0 fully saturated rings. The predicted molar refractivity (Wildman–Crippen MR) is 75.6 cm³/mol. The summed E-state index contributed by atoms with van der Waals surface area (Å²) in [6.07, 6.45) is 0.660. The second-order valence-electron chi connectivity index (χ2n) is 4.03. The van der Waals surface area contributed by atoms with E-state index in [1.807, 2.05) is 12.1 Å². The maximum Gasteiger partial charge on any atom is 0.306 e. The molecule has 1 aliphatic heterocycles. The Morgan fingerprint density at radius 2 is 2.21 bits per heavy atom. The monoisotopic (exact) mass is 297 g/mol. The van der Waals surface area contributed by atoms with Crippen molar-refractivity contribution >= 4 is 40.7 Å². The second-order valence-corrected chi connectivity index (χ2v) is 4.82. The first-order valence-electron chi connectivity index (χ1n) is 5.82. The van der Waals surface area contributed by atoms with Crippen molar-refractivity contribution in [2.24, 2.45) is 0 Å². The third-order valence-corrected chi connectivity index (χ3v) is 3.26. The average molecular weight is 298 g/mol. The van der Waals surface area contributed by atoms with E-state index in [0.29, 0.717) is 17.0 Å². The summed E-state index contributed by atoms with van der Waals surface area (Å²) in [5, 5.41) is 2.60. The first kappa shape index (κ1) is 14.0. The highest BCUT2D eigenvalue weighted by molar-refractivity contribution is 7.80. The molecule has 0 aromatic heterocycles. The molecule has 19 heavy (non-hydrogen) atoms. The number of hydrogen-bond acceptors (Lipinski definition) is 4. The lowest BCUT2D eigenvalue weighted by Gasteiger charge is -2.06. The summed E-state index contributed by atoms with van der Waals surface area (Å²) in [6.45, 7) is 0.206. The van der Waals surface area contributed by atoms with Crippen LogP contribution in [0, 0.1) is 0 Å². The van der Waals surface area contributed by atoms with Crippen LogP contribution in [0.25, 0.3) is 0 Å². The van der Waals surface area contributed by atoms with E-state index in [0.717, 1.165) is 11.1 Å². The van der Waals surface area contributed by atoms with E-state index in [1.165, 1.54) is 0 Å². The topological polar surface area (TPSA) is 55.4 Å². The van der Waals surface area contributed by atoms with E-state index in [-0.39, 0.29) is 30.8 Å². The second kappa shape index (κ2) is 6.12. The first-order chi connectivity index (χ1) is 9.13. The Balaban J connectivity index is 2.08. The highest BCUT2D eigenvalue weighted by Crippen LogP contribution is 2.21. The number of amides is 1. The molecule has 0 aliphatic carbocycles. The van der Waals surface area contributed by atoms with Gasteiger partial charge < -0.3 is 10.1 Å². The molecule has 1 aliphatic rings. The van der Waals surface area contributed by atoms with Crippen LogP contribution in [0.2, 0.25) is 0 Å². The standard InChI is InChI=1S/C13H12ClNO3S/c14-6-7-18-10(16)5-4-8-2-1-3-9-11(8)12(17)15-13(9)19/h1-3H,4-7H2,(H,15,17,19). The zero-order chi connectivity index (χ0) is 13.8. The lowest BCUT2D eigenvalue weighted by molar-refractivity contribution is -0.142. The quantitative estimate of drug-likeness (QED) is 0.512. The van der Waals surface area contributed by atoms with Crippen LogP contribution in [0.5, 0.6) is 0 Å². The predicted octanol–water partition coefficient (Wildman–Crippen LogP) is 1.82. The van der Waals surface area contributed by atoms with Gasteiger partial charge in [0.2, 0.25) is 0 Å². The zero-order valence-corrected chi connectivity index (χ0v) is 11.6. The molecular weight excluding hydrogens is 286 g/mol. The van der Waals surface area contributed by atoms with Crippen molar-refractivity contribution in [3.8, 4) is 0 Å². The lowest BCUT2D eigenvalue weighted by atomic mass is 9.99. The number of ether oxygens (including phenoxy) is 1. The van der Waals surface area contributed by atoms with Gasteiger partial charge in [0.15, 0.2) is 0 Å². The van der Waals surface area contributed by atoms with E-state index in [1.54, 1.807) is 6.07 Å². The molecule has 0 atom stereocenters. The average Bonchev–Trinajstić information content (AvgIpc) is 2.70. The molecule has 1 heterocycles. The molecule has 1 amide bonds. The number of alkyl halides is 1. The number of hydrogen-bond donors (Lipinski definition) is 1. The number of benzene rings is 1. The summed E-state index contributed by atoms with van der Waals surface area (Å²) < 4.78 is 4.88. The van der Waals surface area contributed by atoms with Crippen LogP contribution >= 0.6 is 23.8 Å². The summed E-state index contributed by atoms with van der Waals surface area (Å²) >= 11 is 10.5. The van der Waals surface area contributed by atoms with Gasteiger partial charge in [-0.05, 0) is 12.0 Å². The fourth-order valence-corrected chi connectivity index (χ4v) is 2.30. The van der Waals surface area contributed by atoms with Gasteiger partial charge in [-0.15, -0.1) is 11.6 Å². The molecule has 0 unspecified atom stereocenters. The van der Waals surface area contributed by atoms with Gasteiger partial charge in [-0.3, -0.25) is 9.59 Å². The van der Waals surface area contributed by atoms with Crippen molar-refractivity contribution in [2.45, 2.75) is 12.8 Å². The molecule has 1 N–H and O–H groups in total. The number of halogens is 1. The number of rotatable bonds is 5. The van der Waals surface area contributed by atoms with E-state index < -0.39 is 0 Å². The zero-order valence-electron chi connectivity index (χ0n) is 10.1. The van der Waals surface area contributed by atoms with Crippen molar-refractivity contribution in [1.29, 1.82) is 0 Å². The third kappa shape index (κ3) is 3.11. The molecule has 6 heteroatoms. The Bertz CT molecular complexity index is 545. The van der Waals surface area contributed by atoms with E-state index >= 15 is 0 Å². The number of fused-ring (bicyclic) bond motifs is 1. The molecule has 0 spiro atoms. The minimum Gasteiger partial charge on any atom is -0.464 e. The van der Waals surface area contributed by atoms with Gasteiger partial charge in [0, 0.05) is 12.0 Å². The van der Waals surface area contributed by atoms with Gasteiger partial charge in [0.1, 0.15) is 11.6 Å². The normalized spacial score (nSPS) is 13.1. The summed E-state index contributed by atoms with van der Waals surface area (Å²) in [5.41, 5.74) is 2.10. The van der Waals surface area contributed by atoms with Crippen molar-refractivity contribution in [3.63, 3.8) is 0 Å². The van der Waals surface area contributed by atoms with Crippen molar-refractivity contribution in [1.82, 2.24) is 5.32 Å². The van der Waals surface area contributed by atoms with E-state index in [2.05, 4.69) is 5.32 Å². The fraction of sp³-hybridized carbons (Fsp3) is 0.308. The van der Waals surface area contributed by atoms with Crippen LogP contribution in [0.1, 0.15) is 27.9 Å². The van der Waals surface area contributed by atoms with Crippen LogP contribution in [0.4, 0.5) is 0 Å². The van der Waals surface area contributed by atoms with Gasteiger partial charge in [-0.25, -0.2) is 0 Å². The Morgan fingerprint density at radius 1 is 1.42 bits per heavy atom. The smallest absolute Gasteiger partial charge is 0.306 e. The van der Waals surface area contributed by atoms with Gasteiger partial charge in [-0.2, -0.15) is 0 Å². The summed E-state index contributed by atoms with van der Waals surface area (Å²) in [4.78, 5) is 23.6. The SMILES string of the molecule is O=C(CCc1cccc2c1C(=O)NC2=S)OCCCl. The van der Waals surface area contributed by atoms with Gasteiger partial charge in [0.05, 0.1) is 11.4 Å². The van der Waals surface area contributed by atoms with E-state index in [9.17, 15) is 9.59 Å². The van der Waals surface area contributed by atoms with Gasteiger partial charge in [-0.1, -0.05) is 30.4 Å². The van der Waals surface area contributed by atoms with Crippen molar-refractivity contribution in [2.75, 3.05) is 12.5 Å². The Labute approximate surface area is 121 Å². The molecule has 100 valence electrons. The number of thiocarbonyl (C=S) groups is 1. The molecule has 0 bridgehead atoms. The number of esters is 1. The van der Waals surface area contributed by atoms with E-state index in [4.69, 9.17) is 28.6 Å². The summed E-state index contributed by atoms with van der Waals surface area (Å²) in [5.74, 6) is -0.243. The molecule has 2 rings (SSSR count). The number of carbonyl (C=O) groups is 2. The molecular formula is C13H12ClNO3S. The molecule has 4 nitrogen and oxygen atoms in total. The number of aryl methyl sites for hydroxylation is 1. The molecule has 0 radical (unpaired) electrons. The number of carbonyl (C=O) groups excluding carboxylic acids is 2. The Morgan fingerprint density at radius 3 is 2.95 bits per heavy atom. The van der Waals surface area contributed by atoms with Crippen LogP contribution < -0.4 is 5.32 Å². The fourth-order valence-electron chi connectivity index (χ4n) is 1.96. The highest BCUT2D eigenvalue weighted by Gasteiger charge is 2.26. The third-order valence-electron chi connectivity index (χ3n) is 2.79. The Kier molecular flexibility index (Phi) is 4.50. The van der Waals surface area contributed by atoms with Crippen LogP contribution in [-0.2, 0) is 16.0 Å². The summed E-state index contributed by atoms with van der Waals surface area (Å²) in [7, 11) is 0. The minimum atomic E-state index is -0.320. The highest BCUT2D eigenvalue weighted by atomic mass is 35.5. The van der Waals surface area contributed by atoms with Crippen molar-refractivity contribution < 1.29 is 14.3 Å². The maximum atomic E-state index is 11.8. The van der Waals surface area contributed by atoms with Crippen LogP contribution in [0.15, 0.2) is 18.2 Å². The minimum absolute atomic E-state index is 0.204. The number of nitrogens with one attached hydrogen (secondary N) is 1. The molecule has 1 aromatic carbocycles. The van der Waals surface area contributed by atoms with Gasteiger partial charge in [0.25, 0.3) is 5.91 Å².